The predicted molar refractivity (Wildman–Crippen MR) is 63.0 cm³/mol. The maximum Gasteiger partial charge on any atom is 0.226 e. The summed E-state index contributed by atoms with van der Waals surface area (Å²) in [5, 5.41) is 8.65. The molecular formula is C12H7ClFN3O. The Morgan fingerprint density at radius 1 is 1.44 bits per heavy atom. The summed E-state index contributed by atoms with van der Waals surface area (Å²) in [7, 11) is 0. The highest BCUT2D eigenvalue weighted by molar-refractivity contribution is 6.28. The van der Waals surface area contributed by atoms with E-state index in [0.29, 0.717) is 5.56 Å². The quantitative estimate of drug-likeness (QED) is 0.781. The summed E-state index contributed by atoms with van der Waals surface area (Å²) < 4.78 is 18.9. The van der Waals surface area contributed by atoms with Crippen molar-refractivity contribution in [3.8, 4) is 17.7 Å². The topological polar surface area (TPSA) is 58.8 Å². The van der Waals surface area contributed by atoms with Gasteiger partial charge in [-0.05, 0) is 36.7 Å². The van der Waals surface area contributed by atoms with Crippen LogP contribution in [0.5, 0.6) is 11.6 Å². The molecule has 0 spiro atoms. The van der Waals surface area contributed by atoms with Crippen LogP contribution in [0.3, 0.4) is 0 Å². The Balaban J connectivity index is 2.34. The fraction of sp³-hybridized carbons (Fsp3) is 0.0833. The molecule has 1 heterocycles. The highest BCUT2D eigenvalue weighted by atomic mass is 35.5. The van der Waals surface area contributed by atoms with Crippen molar-refractivity contribution in [1.29, 1.82) is 5.26 Å². The van der Waals surface area contributed by atoms with Gasteiger partial charge in [0.15, 0.2) is 11.6 Å². The lowest BCUT2D eigenvalue weighted by atomic mass is 10.2. The maximum absolute atomic E-state index is 13.6. The lowest BCUT2D eigenvalue weighted by Crippen LogP contribution is -1.95. The third kappa shape index (κ3) is 2.55. The molecule has 0 fully saturated rings. The number of hydrogen-bond donors (Lipinski definition) is 0. The predicted octanol–water partition coefficient (Wildman–Crippen LogP) is 3.24. The van der Waals surface area contributed by atoms with Crippen molar-refractivity contribution >= 4 is 11.6 Å². The Kier molecular flexibility index (Phi) is 3.40. The van der Waals surface area contributed by atoms with Crippen LogP contribution in [-0.4, -0.2) is 9.97 Å². The van der Waals surface area contributed by atoms with Crippen molar-refractivity contribution in [3.63, 3.8) is 0 Å². The summed E-state index contributed by atoms with van der Waals surface area (Å²) in [5.41, 5.74) is 0.848. The number of aryl methyl sites for hydroxylation is 1. The number of aromatic nitrogens is 2. The third-order valence-electron chi connectivity index (χ3n) is 2.16. The lowest BCUT2D eigenvalue weighted by Gasteiger charge is -2.08. The Labute approximate surface area is 108 Å². The molecule has 0 aliphatic heterocycles. The molecule has 0 N–H and O–H groups in total. The van der Waals surface area contributed by atoms with Crippen molar-refractivity contribution in [2.45, 2.75) is 6.92 Å². The normalized spacial score (nSPS) is 9.89. The van der Waals surface area contributed by atoms with E-state index >= 15 is 0 Å². The molecular weight excluding hydrogens is 257 g/mol. The van der Waals surface area contributed by atoms with Gasteiger partial charge >= 0.3 is 0 Å². The van der Waals surface area contributed by atoms with Gasteiger partial charge in [-0.3, -0.25) is 0 Å². The summed E-state index contributed by atoms with van der Waals surface area (Å²) in [6.07, 6.45) is 1.48. The van der Waals surface area contributed by atoms with Crippen molar-refractivity contribution in [2.75, 3.05) is 0 Å². The van der Waals surface area contributed by atoms with Gasteiger partial charge in [-0.2, -0.15) is 10.2 Å². The SMILES string of the molecule is Cc1cnc(Cl)nc1Oc1ccc(C#N)cc1F. The van der Waals surface area contributed by atoms with Crippen molar-refractivity contribution in [2.24, 2.45) is 0 Å². The summed E-state index contributed by atoms with van der Waals surface area (Å²) in [4.78, 5) is 7.62. The first-order chi connectivity index (χ1) is 8.60. The van der Waals surface area contributed by atoms with Gasteiger partial charge in [-0.25, -0.2) is 9.37 Å². The maximum atomic E-state index is 13.6. The molecule has 0 bridgehead atoms. The molecule has 2 rings (SSSR count). The second kappa shape index (κ2) is 4.98. The highest BCUT2D eigenvalue weighted by Crippen LogP contribution is 2.26. The van der Waals surface area contributed by atoms with Crippen LogP contribution < -0.4 is 4.74 Å². The van der Waals surface area contributed by atoms with Crippen LogP contribution in [0.15, 0.2) is 24.4 Å². The van der Waals surface area contributed by atoms with Crippen molar-refractivity contribution in [3.05, 3.63) is 46.6 Å². The number of benzene rings is 1. The van der Waals surface area contributed by atoms with Crippen LogP contribution in [0.1, 0.15) is 11.1 Å². The van der Waals surface area contributed by atoms with Crippen molar-refractivity contribution < 1.29 is 9.13 Å². The molecule has 18 heavy (non-hydrogen) atoms. The molecule has 2 aromatic rings. The van der Waals surface area contributed by atoms with E-state index in [9.17, 15) is 4.39 Å². The molecule has 0 aliphatic carbocycles. The van der Waals surface area contributed by atoms with Gasteiger partial charge in [0.2, 0.25) is 11.2 Å². The lowest BCUT2D eigenvalue weighted by molar-refractivity contribution is 0.423. The third-order valence-corrected chi connectivity index (χ3v) is 2.35. The average Bonchev–Trinajstić information content (AvgIpc) is 2.36. The zero-order chi connectivity index (χ0) is 13.1. The number of nitriles is 1. The number of hydrogen-bond acceptors (Lipinski definition) is 4. The minimum absolute atomic E-state index is 0.0182. The molecule has 0 amide bonds. The Hall–Kier alpha value is -2.19. The number of nitrogens with zero attached hydrogens (tertiary/aromatic N) is 3. The summed E-state index contributed by atoms with van der Waals surface area (Å²) >= 11 is 5.63. The van der Waals surface area contributed by atoms with Gasteiger partial charge in [0.05, 0.1) is 11.6 Å². The van der Waals surface area contributed by atoms with Gasteiger partial charge in [0.25, 0.3) is 0 Å². The number of rotatable bonds is 2. The number of halogens is 2. The first-order valence-electron chi connectivity index (χ1n) is 4.97. The second-order valence-electron chi connectivity index (χ2n) is 3.49. The van der Waals surface area contributed by atoms with Gasteiger partial charge in [-0.15, -0.1) is 0 Å². The van der Waals surface area contributed by atoms with E-state index in [1.165, 1.54) is 18.3 Å². The van der Waals surface area contributed by atoms with E-state index in [1.54, 1.807) is 6.92 Å². The van der Waals surface area contributed by atoms with E-state index < -0.39 is 5.82 Å². The van der Waals surface area contributed by atoms with Gasteiger partial charge in [-0.1, -0.05) is 0 Å². The van der Waals surface area contributed by atoms with Gasteiger partial charge in [0.1, 0.15) is 0 Å². The minimum Gasteiger partial charge on any atom is -0.436 e. The molecule has 1 aromatic carbocycles. The van der Waals surface area contributed by atoms with Crippen LogP contribution in [0.4, 0.5) is 4.39 Å². The monoisotopic (exact) mass is 263 g/mol. The smallest absolute Gasteiger partial charge is 0.226 e. The molecule has 90 valence electrons. The fourth-order valence-electron chi connectivity index (χ4n) is 1.27. The Bertz CT molecular complexity index is 640. The molecule has 0 saturated heterocycles. The van der Waals surface area contributed by atoms with Crippen molar-refractivity contribution in [1.82, 2.24) is 9.97 Å². The van der Waals surface area contributed by atoms with Crippen LogP contribution in [0.25, 0.3) is 0 Å². The molecule has 4 nitrogen and oxygen atoms in total. The highest BCUT2D eigenvalue weighted by Gasteiger charge is 2.10. The van der Waals surface area contributed by atoms with Crippen LogP contribution in [-0.2, 0) is 0 Å². The second-order valence-corrected chi connectivity index (χ2v) is 3.82. The Morgan fingerprint density at radius 3 is 2.89 bits per heavy atom. The summed E-state index contributed by atoms with van der Waals surface area (Å²) in [6, 6.07) is 5.75. The molecule has 0 atom stereocenters. The molecule has 0 saturated carbocycles. The van der Waals surface area contributed by atoms with E-state index in [2.05, 4.69) is 9.97 Å². The van der Waals surface area contributed by atoms with E-state index in [-0.39, 0.29) is 22.5 Å². The van der Waals surface area contributed by atoms with Crippen LogP contribution in [0.2, 0.25) is 5.28 Å². The molecule has 1 aromatic heterocycles. The standard InChI is InChI=1S/C12H7ClFN3O/c1-7-6-16-12(13)17-11(7)18-10-3-2-8(5-15)4-9(10)14/h2-4,6H,1H3. The molecule has 0 unspecified atom stereocenters. The summed E-state index contributed by atoms with van der Waals surface area (Å²) in [5.74, 6) is -0.478. The molecule has 0 radical (unpaired) electrons. The minimum atomic E-state index is -0.636. The number of ether oxygens (including phenoxy) is 1. The van der Waals surface area contributed by atoms with E-state index in [4.69, 9.17) is 21.6 Å². The first kappa shape index (κ1) is 12.3. The van der Waals surface area contributed by atoms with E-state index in [0.717, 1.165) is 6.07 Å². The van der Waals surface area contributed by atoms with Gasteiger partial charge in [0, 0.05) is 11.8 Å². The van der Waals surface area contributed by atoms with E-state index in [1.807, 2.05) is 6.07 Å². The fourth-order valence-corrected chi connectivity index (χ4v) is 1.39. The van der Waals surface area contributed by atoms with Gasteiger partial charge < -0.3 is 4.74 Å². The first-order valence-corrected chi connectivity index (χ1v) is 5.34. The largest absolute Gasteiger partial charge is 0.436 e. The van der Waals surface area contributed by atoms with Crippen LogP contribution in [0, 0.1) is 24.1 Å². The molecule has 0 aliphatic rings. The summed E-state index contributed by atoms with van der Waals surface area (Å²) in [6.45, 7) is 1.72. The average molecular weight is 264 g/mol. The zero-order valence-electron chi connectivity index (χ0n) is 9.32. The Morgan fingerprint density at radius 2 is 2.22 bits per heavy atom. The zero-order valence-corrected chi connectivity index (χ0v) is 10.1. The van der Waals surface area contributed by atoms with Crippen LogP contribution >= 0.6 is 11.6 Å². The molecule has 6 heteroatoms.